The van der Waals surface area contributed by atoms with E-state index in [1.165, 1.54) is 25.9 Å². The predicted molar refractivity (Wildman–Crippen MR) is 74.9 cm³/mol. The van der Waals surface area contributed by atoms with Crippen molar-refractivity contribution in [3.8, 4) is 5.75 Å². The SMILES string of the molecule is COc1ccc(Br)c(NCCN2CCCC2)c1. The Hall–Kier alpha value is -0.740. The average Bonchev–Trinajstić information content (AvgIpc) is 2.84. The quantitative estimate of drug-likeness (QED) is 0.904. The summed E-state index contributed by atoms with van der Waals surface area (Å²) in [6, 6.07) is 5.99. The van der Waals surface area contributed by atoms with Gasteiger partial charge in [0.2, 0.25) is 0 Å². The molecular weight excluding hydrogens is 280 g/mol. The molecule has 0 amide bonds. The van der Waals surface area contributed by atoms with E-state index in [9.17, 15) is 0 Å². The van der Waals surface area contributed by atoms with E-state index >= 15 is 0 Å². The minimum Gasteiger partial charge on any atom is -0.497 e. The Morgan fingerprint density at radius 3 is 2.82 bits per heavy atom. The molecule has 0 spiro atoms. The molecule has 2 rings (SSSR count). The van der Waals surface area contributed by atoms with Gasteiger partial charge in [0.05, 0.1) is 12.8 Å². The molecule has 94 valence electrons. The molecule has 0 aliphatic carbocycles. The molecular formula is C13H19BrN2O. The van der Waals surface area contributed by atoms with E-state index in [4.69, 9.17) is 4.74 Å². The van der Waals surface area contributed by atoms with Crippen molar-refractivity contribution in [2.75, 3.05) is 38.6 Å². The van der Waals surface area contributed by atoms with E-state index in [0.717, 1.165) is 29.0 Å². The first-order chi connectivity index (χ1) is 8.29. The molecule has 1 aliphatic heterocycles. The van der Waals surface area contributed by atoms with Crippen LogP contribution in [0.1, 0.15) is 12.8 Å². The van der Waals surface area contributed by atoms with Crippen LogP contribution in [0.2, 0.25) is 0 Å². The summed E-state index contributed by atoms with van der Waals surface area (Å²) in [7, 11) is 1.69. The lowest BCUT2D eigenvalue weighted by atomic mass is 10.3. The number of halogens is 1. The van der Waals surface area contributed by atoms with Gasteiger partial charge >= 0.3 is 0 Å². The zero-order chi connectivity index (χ0) is 12.1. The summed E-state index contributed by atoms with van der Waals surface area (Å²) in [5, 5.41) is 3.45. The molecule has 1 fully saturated rings. The number of benzene rings is 1. The lowest BCUT2D eigenvalue weighted by molar-refractivity contribution is 0.352. The van der Waals surface area contributed by atoms with Crippen LogP contribution in [-0.4, -0.2) is 38.2 Å². The van der Waals surface area contributed by atoms with Crippen molar-refractivity contribution in [3.05, 3.63) is 22.7 Å². The molecule has 0 atom stereocenters. The summed E-state index contributed by atoms with van der Waals surface area (Å²) >= 11 is 3.54. The maximum atomic E-state index is 5.22. The highest BCUT2D eigenvalue weighted by Gasteiger charge is 2.10. The molecule has 0 bridgehead atoms. The number of anilines is 1. The van der Waals surface area contributed by atoms with Crippen LogP contribution in [0.15, 0.2) is 22.7 Å². The molecule has 0 saturated carbocycles. The van der Waals surface area contributed by atoms with Crippen molar-refractivity contribution in [2.24, 2.45) is 0 Å². The van der Waals surface area contributed by atoms with Gasteiger partial charge in [-0.3, -0.25) is 0 Å². The molecule has 1 aliphatic rings. The fourth-order valence-electron chi connectivity index (χ4n) is 2.12. The number of ether oxygens (including phenoxy) is 1. The van der Waals surface area contributed by atoms with Crippen LogP contribution in [0, 0.1) is 0 Å². The van der Waals surface area contributed by atoms with E-state index in [0.29, 0.717) is 0 Å². The molecule has 0 unspecified atom stereocenters. The van der Waals surface area contributed by atoms with Crippen molar-refractivity contribution in [3.63, 3.8) is 0 Å². The zero-order valence-electron chi connectivity index (χ0n) is 10.2. The number of hydrogen-bond acceptors (Lipinski definition) is 3. The predicted octanol–water partition coefficient (Wildman–Crippen LogP) is 2.97. The molecule has 17 heavy (non-hydrogen) atoms. The fourth-order valence-corrected chi connectivity index (χ4v) is 2.51. The van der Waals surface area contributed by atoms with Crippen molar-refractivity contribution in [1.82, 2.24) is 4.90 Å². The maximum Gasteiger partial charge on any atom is 0.121 e. The lowest BCUT2D eigenvalue weighted by Gasteiger charge is -2.16. The van der Waals surface area contributed by atoms with Gasteiger partial charge in [-0.05, 0) is 54.0 Å². The minimum absolute atomic E-state index is 0.886. The highest BCUT2D eigenvalue weighted by molar-refractivity contribution is 9.10. The summed E-state index contributed by atoms with van der Waals surface area (Å²) in [5.74, 6) is 0.886. The van der Waals surface area contributed by atoms with Crippen molar-refractivity contribution in [2.45, 2.75) is 12.8 Å². The monoisotopic (exact) mass is 298 g/mol. The summed E-state index contributed by atoms with van der Waals surface area (Å²) in [4.78, 5) is 2.50. The third-order valence-electron chi connectivity index (χ3n) is 3.12. The molecule has 1 N–H and O–H groups in total. The van der Waals surface area contributed by atoms with Gasteiger partial charge in [-0.2, -0.15) is 0 Å². The van der Waals surface area contributed by atoms with Crippen LogP contribution in [0.5, 0.6) is 5.75 Å². The van der Waals surface area contributed by atoms with Crippen LogP contribution in [-0.2, 0) is 0 Å². The molecule has 4 heteroatoms. The maximum absolute atomic E-state index is 5.22. The van der Waals surface area contributed by atoms with E-state index in [1.807, 2.05) is 18.2 Å². The molecule has 3 nitrogen and oxygen atoms in total. The van der Waals surface area contributed by atoms with Crippen LogP contribution >= 0.6 is 15.9 Å². The minimum atomic E-state index is 0.886. The topological polar surface area (TPSA) is 24.5 Å². The molecule has 1 heterocycles. The Kier molecular flexibility index (Phi) is 4.68. The van der Waals surface area contributed by atoms with E-state index in [-0.39, 0.29) is 0 Å². The molecule has 0 radical (unpaired) electrons. The highest BCUT2D eigenvalue weighted by Crippen LogP contribution is 2.26. The van der Waals surface area contributed by atoms with Gasteiger partial charge in [0.25, 0.3) is 0 Å². The van der Waals surface area contributed by atoms with Gasteiger partial charge in [-0.1, -0.05) is 0 Å². The summed E-state index contributed by atoms with van der Waals surface area (Å²) in [6.45, 7) is 4.59. The molecule has 0 aromatic heterocycles. The first-order valence-corrected chi connectivity index (χ1v) is 6.88. The van der Waals surface area contributed by atoms with E-state index in [1.54, 1.807) is 7.11 Å². The first-order valence-electron chi connectivity index (χ1n) is 6.09. The third-order valence-corrected chi connectivity index (χ3v) is 3.81. The van der Waals surface area contributed by atoms with Gasteiger partial charge in [0.1, 0.15) is 5.75 Å². The number of methoxy groups -OCH3 is 1. The van der Waals surface area contributed by atoms with Gasteiger partial charge in [-0.25, -0.2) is 0 Å². The fraction of sp³-hybridized carbons (Fsp3) is 0.538. The smallest absolute Gasteiger partial charge is 0.121 e. The first kappa shape index (κ1) is 12.7. The number of nitrogens with one attached hydrogen (secondary N) is 1. The van der Waals surface area contributed by atoms with Crippen LogP contribution in [0.3, 0.4) is 0 Å². The normalized spacial score (nSPS) is 16.1. The Balaban J connectivity index is 1.84. The molecule has 1 aromatic carbocycles. The van der Waals surface area contributed by atoms with Gasteiger partial charge < -0.3 is 15.0 Å². The van der Waals surface area contributed by atoms with Crippen LogP contribution in [0.4, 0.5) is 5.69 Å². The second-order valence-corrected chi connectivity index (χ2v) is 5.18. The van der Waals surface area contributed by atoms with Crippen LogP contribution in [0.25, 0.3) is 0 Å². The van der Waals surface area contributed by atoms with Crippen molar-refractivity contribution >= 4 is 21.6 Å². The van der Waals surface area contributed by atoms with Crippen LogP contribution < -0.4 is 10.1 Å². The van der Waals surface area contributed by atoms with Gasteiger partial charge in [0, 0.05) is 23.6 Å². The summed E-state index contributed by atoms with van der Waals surface area (Å²) < 4.78 is 6.30. The summed E-state index contributed by atoms with van der Waals surface area (Å²) in [5.41, 5.74) is 1.10. The van der Waals surface area contributed by atoms with Gasteiger partial charge in [-0.15, -0.1) is 0 Å². The second-order valence-electron chi connectivity index (χ2n) is 4.32. The Morgan fingerprint density at radius 1 is 1.35 bits per heavy atom. The number of likely N-dealkylation sites (tertiary alicyclic amines) is 1. The zero-order valence-corrected chi connectivity index (χ0v) is 11.8. The average molecular weight is 299 g/mol. The summed E-state index contributed by atoms with van der Waals surface area (Å²) in [6.07, 6.45) is 2.70. The van der Waals surface area contributed by atoms with E-state index in [2.05, 4.69) is 26.1 Å². The second kappa shape index (κ2) is 6.26. The third kappa shape index (κ3) is 3.61. The Morgan fingerprint density at radius 2 is 2.12 bits per heavy atom. The van der Waals surface area contributed by atoms with Crippen molar-refractivity contribution in [1.29, 1.82) is 0 Å². The van der Waals surface area contributed by atoms with Crippen molar-refractivity contribution < 1.29 is 4.74 Å². The number of rotatable bonds is 5. The standard InChI is InChI=1S/C13H19BrN2O/c1-17-11-4-5-12(14)13(10-11)15-6-9-16-7-2-3-8-16/h4-5,10,15H,2-3,6-9H2,1H3. The Labute approximate surface area is 111 Å². The number of hydrogen-bond donors (Lipinski definition) is 1. The Bertz CT molecular complexity index is 364. The number of nitrogens with zero attached hydrogens (tertiary/aromatic N) is 1. The highest BCUT2D eigenvalue weighted by atomic mass is 79.9. The largest absolute Gasteiger partial charge is 0.497 e. The molecule has 1 saturated heterocycles. The lowest BCUT2D eigenvalue weighted by Crippen LogP contribution is -2.26. The molecule has 1 aromatic rings. The van der Waals surface area contributed by atoms with E-state index < -0.39 is 0 Å². The van der Waals surface area contributed by atoms with Gasteiger partial charge in [0.15, 0.2) is 0 Å².